The molecule has 1 atom stereocenters. The normalized spacial score (nSPS) is 13.0. The summed E-state index contributed by atoms with van der Waals surface area (Å²) >= 11 is 0. The Balaban J connectivity index is 1.68. The lowest BCUT2D eigenvalue weighted by atomic mass is 9.87. The third-order valence-corrected chi connectivity index (χ3v) is 7.86. The lowest BCUT2D eigenvalue weighted by Crippen LogP contribution is -2.22. The summed E-state index contributed by atoms with van der Waals surface area (Å²) in [5.74, 6) is 0.304. The van der Waals surface area contributed by atoms with Gasteiger partial charge in [-0.2, -0.15) is 0 Å². The second-order valence-electron chi connectivity index (χ2n) is 10.4. The number of aryl methyl sites for hydroxylation is 1. The Kier molecular flexibility index (Phi) is 7.43. The van der Waals surface area contributed by atoms with Crippen LogP contribution in [0.1, 0.15) is 60.5 Å². The largest absolute Gasteiger partial charge is 0.321 e. The van der Waals surface area contributed by atoms with Gasteiger partial charge in [-0.15, -0.1) is 10.2 Å². The van der Waals surface area contributed by atoms with Crippen LogP contribution < -0.4 is 5.73 Å². The monoisotopic (exact) mass is 502 g/mol. The fourth-order valence-electron chi connectivity index (χ4n) is 4.17. The summed E-state index contributed by atoms with van der Waals surface area (Å²) in [5.41, 5.74) is 11.6. The first kappa shape index (κ1) is 25.8. The van der Waals surface area contributed by atoms with Crippen molar-refractivity contribution in [3.63, 3.8) is 0 Å². The summed E-state index contributed by atoms with van der Waals surface area (Å²) in [5, 5.41) is 8.40. The van der Waals surface area contributed by atoms with Crippen molar-refractivity contribution in [1.29, 1.82) is 0 Å². The van der Waals surface area contributed by atoms with Gasteiger partial charge >= 0.3 is 0 Å². The van der Waals surface area contributed by atoms with Gasteiger partial charge in [0, 0.05) is 0 Å². The molecule has 4 aromatic rings. The molecule has 0 amide bonds. The van der Waals surface area contributed by atoms with Gasteiger partial charge in [0.05, 0.1) is 18.3 Å². The van der Waals surface area contributed by atoms with E-state index in [0.29, 0.717) is 24.4 Å². The zero-order valence-electron chi connectivity index (χ0n) is 21.3. The summed E-state index contributed by atoms with van der Waals surface area (Å²) in [7, 11) is -3.77. The number of rotatable bonds is 8. The highest BCUT2D eigenvalue weighted by atomic mass is 32.2. The van der Waals surface area contributed by atoms with E-state index in [4.69, 9.17) is 5.73 Å². The molecule has 6 nitrogen and oxygen atoms in total. The Hall–Kier alpha value is -3.29. The lowest BCUT2D eigenvalue weighted by Gasteiger charge is -2.19. The minimum Gasteiger partial charge on any atom is -0.321 e. The van der Waals surface area contributed by atoms with Crippen LogP contribution in [0.4, 0.5) is 0 Å². The second-order valence-corrected chi connectivity index (χ2v) is 12.3. The summed E-state index contributed by atoms with van der Waals surface area (Å²) in [6, 6.07) is 25.1. The Bertz CT molecular complexity index is 1400. The van der Waals surface area contributed by atoms with E-state index in [1.165, 1.54) is 0 Å². The van der Waals surface area contributed by atoms with Gasteiger partial charge in [0.2, 0.25) is 15.0 Å². The van der Waals surface area contributed by atoms with E-state index in [1.807, 2.05) is 85.8 Å². The molecule has 0 fully saturated rings. The Morgan fingerprint density at radius 3 is 2.06 bits per heavy atom. The molecule has 0 aliphatic heterocycles. The van der Waals surface area contributed by atoms with Gasteiger partial charge in [-0.25, -0.2) is 8.42 Å². The van der Waals surface area contributed by atoms with Crippen molar-refractivity contribution in [2.24, 2.45) is 5.73 Å². The van der Waals surface area contributed by atoms with Crippen molar-refractivity contribution < 1.29 is 8.42 Å². The lowest BCUT2D eigenvalue weighted by molar-refractivity contribution is 0.553. The maximum absolute atomic E-state index is 13.6. The minimum atomic E-state index is -3.77. The van der Waals surface area contributed by atoms with Crippen LogP contribution in [0.3, 0.4) is 0 Å². The van der Waals surface area contributed by atoms with E-state index in [1.54, 1.807) is 4.57 Å². The maximum Gasteiger partial charge on any atom is 0.250 e. The molecular formula is C29H34N4O2S. The molecule has 188 valence electrons. The smallest absolute Gasteiger partial charge is 0.250 e. The Labute approximate surface area is 214 Å². The highest BCUT2D eigenvalue weighted by Gasteiger charge is 2.28. The molecule has 0 aliphatic rings. The topological polar surface area (TPSA) is 90.9 Å². The van der Waals surface area contributed by atoms with Crippen LogP contribution in [0.15, 0.2) is 84.0 Å². The van der Waals surface area contributed by atoms with E-state index >= 15 is 0 Å². The van der Waals surface area contributed by atoms with Gasteiger partial charge in [-0.3, -0.25) is 4.57 Å². The highest BCUT2D eigenvalue weighted by Crippen LogP contribution is 2.25. The molecule has 36 heavy (non-hydrogen) atoms. The minimum absolute atomic E-state index is 0.00455. The van der Waals surface area contributed by atoms with Crippen molar-refractivity contribution >= 4 is 9.84 Å². The predicted octanol–water partition coefficient (Wildman–Crippen LogP) is 5.15. The molecular weight excluding hydrogens is 468 g/mol. The first-order valence-electron chi connectivity index (χ1n) is 12.1. The number of nitrogens with zero attached hydrogens (tertiary/aromatic N) is 3. The molecule has 0 saturated carbocycles. The molecule has 0 saturated heterocycles. The summed E-state index contributed by atoms with van der Waals surface area (Å²) < 4.78 is 28.8. The molecule has 0 unspecified atom stereocenters. The van der Waals surface area contributed by atoms with Crippen LogP contribution in [0, 0.1) is 6.92 Å². The first-order valence-corrected chi connectivity index (χ1v) is 13.8. The van der Waals surface area contributed by atoms with E-state index in [0.717, 1.165) is 22.3 Å². The molecule has 7 heteroatoms. The van der Waals surface area contributed by atoms with Gasteiger partial charge in [0.25, 0.3) is 0 Å². The first-order chi connectivity index (χ1) is 17.0. The third-order valence-electron chi connectivity index (χ3n) is 6.29. The van der Waals surface area contributed by atoms with E-state index in [-0.39, 0.29) is 16.3 Å². The standard InChI is InChI=1S/C29H34N4O2S/c1-21-10-12-23(13-11-21)19-33-27(26(30)18-22-8-6-5-7-9-22)31-32-28(33)36(34,35)20-24-14-16-25(17-15-24)29(2,3)4/h5-17,26H,18-20,30H2,1-4H3/t26-/m0/s1. The second kappa shape index (κ2) is 10.4. The number of benzene rings is 3. The van der Waals surface area contributed by atoms with Crippen molar-refractivity contribution in [1.82, 2.24) is 14.8 Å². The van der Waals surface area contributed by atoms with E-state index in [9.17, 15) is 8.42 Å². The summed E-state index contributed by atoms with van der Waals surface area (Å²) in [6.07, 6.45) is 0.529. The molecule has 0 spiro atoms. The number of aromatic nitrogens is 3. The van der Waals surface area contributed by atoms with Crippen LogP contribution in [-0.2, 0) is 34.0 Å². The van der Waals surface area contributed by atoms with Crippen molar-refractivity contribution in [3.8, 4) is 0 Å². The zero-order valence-corrected chi connectivity index (χ0v) is 22.2. The molecule has 0 radical (unpaired) electrons. The van der Waals surface area contributed by atoms with Crippen LogP contribution in [0.2, 0.25) is 0 Å². The van der Waals surface area contributed by atoms with Crippen LogP contribution >= 0.6 is 0 Å². The molecule has 0 aliphatic carbocycles. The number of sulfone groups is 1. The van der Waals surface area contributed by atoms with Crippen LogP contribution in [-0.4, -0.2) is 23.2 Å². The highest BCUT2D eigenvalue weighted by molar-refractivity contribution is 7.90. The Morgan fingerprint density at radius 2 is 1.44 bits per heavy atom. The van der Waals surface area contributed by atoms with Crippen molar-refractivity contribution in [2.45, 2.75) is 63.0 Å². The zero-order chi connectivity index (χ0) is 25.9. The summed E-state index contributed by atoms with van der Waals surface area (Å²) in [4.78, 5) is 0. The average Bonchev–Trinajstić information content (AvgIpc) is 3.25. The maximum atomic E-state index is 13.6. The van der Waals surface area contributed by atoms with Crippen molar-refractivity contribution in [3.05, 3.63) is 113 Å². The van der Waals surface area contributed by atoms with Crippen LogP contribution in [0.5, 0.6) is 0 Å². The van der Waals surface area contributed by atoms with Crippen molar-refractivity contribution in [2.75, 3.05) is 0 Å². The number of nitrogens with two attached hydrogens (primary N) is 1. The molecule has 0 bridgehead atoms. The number of hydrogen-bond acceptors (Lipinski definition) is 5. The average molecular weight is 503 g/mol. The Morgan fingerprint density at radius 1 is 0.833 bits per heavy atom. The molecule has 1 heterocycles. The molecule has 2 N–H and O–H groups in total. The van der Waals surface area contributed by atoms with Gasteiger partial charge in [-0.1, -0.05) is 105 Å². The van der Waals surface area contributed by atoms with Gasteiger partial charge in [-0.05, 0) is 41.0 Å². The predicted molar refractivity (Wildman–Crippen MR) is 143 cm³/mol. The third kappa shape index (κ3) is 6.09. The van der Waals surface area contributed by atoms with Gasteiger partial charge < -0.3 is 5.73 Å². The molecule has 3 aromatic carbocycles. The van der Waals surface area contributed by atoms with E-state index in [2.05, 4.69) is 31.0 Å². The summed E-state index contributed by atoms with van der Waals surface area (Å²) in [6.45, 7) is 8.73. The SMILES string of the molecule is Cc1ccc(Cn2c([C@@H](N)Cc3ccccc3)nnc2S(=O)(=O)Cc2ccc(C(C)(C)C)cc2)cc1. The van der Waals surface area contributed by atoms with Gasteiger partial charge in [0.15, 0.2) is 5.82 Å². The molecule has 1 aromatic heterocycles. The molecule has 4 rings (SSSR count). The fourth-order valence-corrected chi connectivity index (χ4v) is 5.59. The van der Waals surface area contributed by atoms with Crippen LogP contribution in [0.25, 0.3) is 0 Å². The fraction of sp³-hybridized carbons (Fsp3) is 0.310. The quantitative estimate of drug-likeness (QED) is 0.360. The van der Waals surface area contributed by atoms with E-state index < -0.39 is 15.9 Å². The number of hydrogen-bond donors (Lipinski definition) is 1. The van der Waals surface area contributed by atoms with Gasteiger partial charge in [0.1, 0.15) is 0 Å².